The van der Waals surface area contributed by atoms with Gasteiger partial charge in [-0.05, 0) is 72.4 Å². The lowest BCUT2D eigenvalue weighted by Crippen LogP contribution is -2.35. The second-order valence-electron chi connectivity index (χ2n) is 8.41. The van der Waals surface area contributed by atoms with E-state index < -0.39 is 0 Å². The summed E-state index contributed by atoms with van der Waals surface area (Å²) in [5.41, 5.74) is 11.1. The number of rotatable bonds is 5. The minimum Gasteiger partial charge on any atom is -0.366 e. The molecule has 26 heavy (non-hydrogen) atoms. The van der Waals surface area contributed by atoms with E-state index in [1.54, 1.807) is 6.07 Å². The summed E-state index contributed by atoms with van der Waals surface area (Å²) >= 11 is 0. The summed E-state index contributed by atoms with van der Waals surface area (Å²) < 4.78 is 0. The first-order chi connectivity index (χ1) is 12.3. The Bertz CT molecular complexity index is 767. The second kappa shape index (κ2) is 7.63. The highest BCUT2D eigenvalue weighted by Gasteiger charge is 2.26. The molecule has 3 nitrogen and oxygen atoms in total. The van der Waals surface area contributed by atoms with Crippen LogP contribution >= 0.6 is 0 Å². The summed E-state index contributed by atoms with van der Waals surface area (Å²) in [6.07, 6.45) is 5.15. The first kappa shape index (κ1) is 18.7. The number of benzene rings is 2. The van der Waals surface area contributed by atoms with Gasteiger partial charge in [0.05, 0.1) is 0 Å². The molecule has 1 amide bonds. The van der Waals surface area contributed by atoms with Crippen molar-refractivity contribution >= 4 is 5.91 Å². The van der Waals surface area contributed by atoms with Gasteiger partial charge in [-0.3, -0.25) is 4.79 Å². The number of carbonyl (C=O) groups is 1. The SMILES string of the molecule is Cc1ccc(C(N)=O)cc1-c1ccc(CNC2CCC(C)(C)CC2)cc1. The Balaban J connectivity index is 1.64. The van der Waals surface area contributed by atoms with Gasteiger partial charge in [0.25, 0.3) is 0 Å². The predicted molar refractivity (Wildman–Crippen MR) is 108 cm³/mol. The summed E-state index contributed by atoms with van der Waals surface area (Å²) in [6, 6.07) is 14.9. The zero-order chi connectivity index (χ0) is 18.7. The number of aryl methyl sites for hydroxylation is 1. The molecule has 0 bridgehead atoms. The zero-order valence-electron chi connectivity index (χ0n) is 16.1. The van der Waals surface area contributed by atoms with Crippen molar-refractivity contribution in [1.82, 2.24) is 5.32 Å². The molecule has 3 heteroatoms. The molecule has 1 fully saturated rings. The maximum Gasteiger partial charge on any atom is 0.248 e. The Labute approximate surface area is 157 Å². The highest BCUT2D eigenvalue weighted by atomic mass is 16.1. The van der Waals surface area contributed by atoms with Crippen LogP contribution in [0.3, 0.4) is 0 Å². The van der Waals surface area contributed by atoms with E-state index in [4.69, 9.17) is 5.73 Å². The Hall–Kier alpha value is -2.13. The number of primary amides is 1. The van der Waals surface area contributed by atoms with E-state index in [-0.39, 0.29) is 5.91 Å². The first-order valence-electron chi connectivity index (χ1n) is 9.57. The van der Waals surface area contributed by atoms with Crippen molar-refractivity contribution in [2.45, 2.75) is 59.0 Å². The molecular weight excluding hydrogens is 320 g/mol. The smallest absolute Gasteiger partial charge is 0.248 e. The third kappa shape index (κ3) is 4.53. The van der Waals surface area contributed by atoms with Crippen LogP contribution in [-0.2, 0) is 6.54 Å². The maximum absolute atomic E-state index is 11.4. The average molecular weight is 351 g/mol. The van der Waals surface area contributed by atoms with E-state index in [1.807, 2.05) is 12.1 Å². The summed E-state index contributed by atoms with van der Waals surface area (Å²) in [5.74, 6) is -0.386. The number of hydrogen-bond acceptors (Lipinski definition) is 2. The lowest BCUT2D eigenvalue weighted by atomic mass is 9.75. The molecule has 0 heterocycles. The van der Waals surface area contributed by atoms with Gasteiger partial charge in [-0.25, -0.2) is 0 Å². The van der Waals surface area contributed by atoms with E-state index in [0.717, 1.165) is 23.2 Å². The van der Waals surface area contributed by atoms with Gasteiger partial charge < -0.3 is 11.1 Å². The molecule has 0 aliphatic heterocycles. The minimum atomic E-state index is -0.386. The van der Waals surface area contributed by atoms with E-state index in [9.17, 15) is 4.79 Å². The Morgan fingerprint density at radius 1 is 1.12 bits per heavy atom. The van der Waals surface area contributed by atoms with Gasteiger partial charge in [0.2, 0.25) is 5.91 Å². The molecule has 1 aliphatic carbocycles. The maximum atomic E-state index is 11.4. The minimum absolute atomic E-state index is 0.386. The van der Waals surface area contributed by atoms with Crippen molar-refractivity contribution in [3.05, 3.63) is 59.2 Å². The molecule has 0 saturated heterocycles. The van der Waals surface area contributed by atoms with Crippen LogP contribution in [0, 0.1) is 12.3 Å². The lowest BCUT2D eigenvalue weighted by molar-refractivity contribution is 0.100. The summed E-state index contributed by atoms with van der Waals surface area (Å²) in [5, 5.41) is 3.71. The van der Waals surface area contributed by atoms with Crippen molar-refractivity contribution in [2.24, 2.45) is 11.1 Å². The van der Waals surface area contributed by atoms with Crippen molar-refractivity contribution in [3.63, 3.8) is 0 Å². The fourth-order valence-corrected chi connectivity index (χ4v) is 3.75. The quantitative estimate of drug-likeness (QED) is 0.812. The number of amides is 1. The summed E-state index contributed by atoms with van der Waals surface area (Å²) in [7, 11) is 0. The Morgan fingerprint density at radius 3 is 2.38 bits per heavy atom. The van der Waals surface area contributed by atoms with E-state index in [0.29, 0.717) is 17.0 Å². The van der Waals surface area contributed by atoms with Crippen LogP contribution in [0.1, 0.15) is 61.0 Å². The van der Waals surface area contributed by atoms with E-state index in [2.05, 4.69) is 50.4 Å². The van der Waals surface area contributed by atoms with Crippen molar-refractivity contribution < 1.29 is 4.79 Å². The van der Waals surface area contributed by atoms with Gasteiger partial charge in [-0.1, -0.05) is 44.2 Å². The molecule has 3 rings (SSSR count). The van der Waals surface area contributed by atoms with Gasteiger partial charge in [0.1, 0.15) is 0 Å². The Morgan fingerprint density at radius 2 is 1.77 bits per heavy atom. The van der Waals surface area contributed by atoms with E-state index >= 15 is 0 Å². The highest BCUT2D eigenvalue weighted by molar-refractivity contribution is 5.94. The van der Waals surface area contributed by atoms with Crippen molar-refractivity contribution in [1.29, 1.82) is 0 Å². The molecule has 0 unspecified atom stereocenters. The largest absolute Gasteiger partial charge is 0.366 e. The molecule has 1 saturated carbocycles. The summed E-state index contributed by atoms with van der Waals surface area (Å²) in [4.78, 5) is 11.4. The summed E-state index contributed by atoms with van der Waals surface area (Å²) in [6.45, 7) is 7.71. The molecule has 0 spiro atoms. The molecule has 2 aromatic rings. The van der Waals surface area contributed by atoms with Gasteiger partial charge in [0, 0.05) is 18.2 Å². The van der Waals surface area contributed by atoms with Crippen LogP contribution in [0.2, 0.25) is 0 Å². The zero-order valence-corrected chi connectivity index (χ0v) is 16.1. The molecule has 138 valence electrons. The Kier molecular flexibility index (Phi) is 5.47. The molecular formula is C23H30N2O. The topological polar surface area (TPSA) is 55.1 Å². The van der Waals surface area contributed by atoms with Crippen LogP contribution in [-0.4, -0.2) is 11.9 Å². The molecule has 2 aromatic carbocycles. The van der Waals surface area contributed by atoms with Crippen molar-refractivity contribution in [3.8, 4) is 11.1 Å². The highest BCUT2D eigenvalue weighted by Crippen LogP contribution is 2.35. The van der Waals surface area contributed by atoms with Gasteiger partial charge in [0.15, 0.2) is 0 Å². The van der Waals surface area contributed by atoms with Gasteiger partial charge in [-0.15, -0.1) is 0 Å². The fraction of sp³-hybridized carbons (Fsp3) is 0.435. The monoisotopic (exact) mass is 350 g/mol. The first-order valence-corrected chi connectivity index (χ1v) is 9.57. The lowest BCUT2D eigenvalue weighted by Gasteiger charge is -2.34. The van der Waals surface area contributed by atoms with Crippen LogP contribution < -0.4 is 11.1 Å². The third-order valence-corrected chi connectivity index (χ3v) is 5.72. The van der Waals surface area contributed by atoms with Gasteiger partial charge >= 0.3 is 0 Å². The normalized spacial score (nSPS) is 17.2. The van der Waals surface area contributed by atoms with E-state index in [1.165, 1.54) is 31.2 Å². The predicted octanol–water partition coefficient (Wildman–Crippen LogP) is 4.82. The average Bonchev–Trinajstić information content (AvgIpc) is 2.61. The fourth-order valence-electron chi connectivity index (χ4n) is 3.75. The second-order valence-corrected chi connectivity index (χ2v) is 8.41. The van der Waals surface area contributed by atoms with Crippen LogP contribution in [0.25, 0.3) is 11.1 Å². The number of hydrogen-bond donors (Lipinski definition) is 2. The number of nitrogens with one attached hydrogen (secondary N) is 1. The number of carbonyl (C=O) groups excluding carboxylic acids is 1. The molecule has 1 aliphatic rings. The number of nitrogens with two attached hydrogens (primary N) is 1. The molecule has 0 atom stereocenters. The van der Waals surface area contributed by atoms with Crippen LogP contribution in [0.5, 0.6) is 0 Å². The third-order valence-electron chi connectivity index (χ3n) is 5.72. The molecule has 0 aromatic heterocycles. The standard InChI is InChI=1S/C23H30N2O/c1-16-4-7-19(22(24)26)14-21(16)18-8-5-17(6-9-18)15-25-20-10-12-23(2,3)13-11-20/h4-9,14,20,25H,10-13,15H2,1-3H3,(H2,24,26). The van der Waals surface area contributed by atoms with Crippen molar-refractivity contribution in [2.75, 3.05) is 0 Å². The molecule has 3 N–H and O–H groups in total. The van der Waals surface area contributed by atoms with Crippen LogP contribution in [0.4, 0.5) is 0 Å². The van der Waals surface area contributed by atoms with Crippen LogP contribution in [0.15, 0.2) is 42.5 Å². The molecule has 0 radical (unpaired) electrons. The van der Waals surface area contributed by atoms with Gasteiger partial charge in [-0.2, -0.15) is 0 Å².